The Balaban J connectivity index is 2.25. The first-order valence-electron chi connectivity index (χ1n) is 8.84. The number of aromatic nitrogens is 2. The molecule has 0 bridgehead atoms. The summed E-state index contributed by atoms with van der Waals surface area (Å²) in [7, 11) is 0. The summed E-state index contributed by atoms with van der Waals surface area (Å²) in [5.74, 6) is 0.391. The molecule has 0 saturated carbocycles. The normalized spacial score (nSPS) is 11.6. The molecule has 0 amide bonds. The lowest BCUT2D eigenvalue weighted by Gasteiger charge is -2.19. The fourth-order valence-electron chi connectivity index (χ4n) is 3.02. The maximum absolute atomic E-state index is 11.9. The van der Waals surface area contributed by atoms with Crippen molar-refractivity contribution in [1.29, 1.82) is 0 Å². The molecule has 0 aliphatic rings. The fourth-order valence-corrected chi connectivity index (χ4v) is 3.29. The van der Waals surface area contributed by atoms with Crippen molar-refractivity contribution in [2.24, 2.45) is 0 Å². The number of halogens is 1. The van der Waals surface area contributed by atoms with Crippen LogP contribution in [0.5, 0.6) is 5.75 Å². The molecule has 3 N–H and O–H groups in total. The van der Waals surface area contributed by atoms with Gasteiger partial charge < -0.3 is 15.5 Å². The molecule has 0 fully saturated rings. The molecule has 28 heavy (non-hydrogen) atoms. The average molecular weight is 400 g/mol. The molecular formula is C21H22ClN3O3. The van der Waals surface area contributed by atoms with Crippen LogP contribution in [0.2, 0.25) is 5.02 Å². The van der Waals surface area contributed by atoms with Crippen LogP contribution < -0.4 is 5.32 Å². The van der Waals surface area contributed by atoms with Crippen molar-refractivity contribution in [3.8, 4) is 17.0 Å². The zero-order chi connectivity index (χ0) is 20.6. The zero-order valence-electron chi connectivity index (χ0n) is 16.2. The number of aryl methyl sites for hydroxylation is 1. The van der Waals surface area contributed by atoms with Crippen LogP contribution in [0.1, 0.15) is 36.7 Å². The second-order valence-corrected chi connectivity index (χ2v) is 7.93. The molecule has 0 saturated heterocycles. The second kappa shape index (κ2) is 7.37. The van der Waals surface area contributed by atoms with Crippen LogP contribution in [-0.4, -0.2) is 38.3 Å². The Kier molecular flexibility index (Phi) is 5.28. The first kappa shape index (κ1) is 20.0. The van der Waals surface area contributed by atoms with E-state index < -0.39 is 5.60 Å². The van der Waals surface area contributed by atoms with Gasteiger partial charge in [0.25, 0.3) is 0 Å². The zero-order valence-corrected chi connectivity index (χ0v) is 16.9. The largest absolute Gasteiger partial charge is 0.507 e. The van der Waals surface area contributed by atoms with Crippen LogP contribution in [-0.2, 0) is 0 Å². The monoisotopic (exact) mass is 399 g/mol. The number of phenols is 1. The van der Waals surface area contributed by atoms with Crippen LogP contribution in [0.25, 0.3) is 22.0 Å². The third kappa shape index (κ3) is 4.08. The molecule has 0 spiro atoms. The molecule has 0 radical (unpaired) electrons. The van der Waals surface area contributed by atoms with E-state index in [1.807, 2.05) is 6.92 Å². The maximum Gasteiger partial charge on any atom is 0.159 e. The Labute approximate surface area is 168 Å². The van der Waals surface area contributed by atoms with Gasteiger partial charge in [-0.05, 0) is 51.5 Å². The summed E-state index contributed by atoms with van der Waals surface area (Å²) in [6.45, 7) is 6.94. The summed E-state index contributed by atoms with van der Waals surface area (Å²) in [5, 5.41) is 34.0. The number of rotatable bonds is 5. The number of benzene rings is 2. The van der Waals surface area contributed by atoms with E-state index in [2.05, 4.69) is 15.5 Å². The molecule has 7 heteroatoms. The number of Topliss-reactive ketones (excluding diaryl/α,β-unsaturated/α-hetero) is 1. The van der Waals surface area contributed by atoms with E-state index in [0.29, 0.717) is 33.0 Å². The lowest BCUT2D eigenvalue weighted by atomic mass is 9.98. The highest BCUT2D eigenvalue weighted by Crippen LogP contribution is 2.38. The Morgan fingerprint density at radius 3 is 2.50 bits per heavy atom. The average Bonchev–Trinajstić information content (AvgIpc) is 2.58. The van der Waals surface area contributed by atoms with Crippen molar-refractivity contribution in [3.63, 3.8) is 0 Å². The highest BCUT2D eigenvalue weighted by atomic mass is 35.5. The highest BCUT2D eigenvalue weighted by molar-refractivity contribution is 6.31. The van der Waals surface area contributed by atoms with Gasteiger partial charge >= 0.3 is 0 Å². The molecule has 0 aliphatic carbocycles. The number of hydrogen-bond donors (Lipinski definition) is 3. The van der Waals surface area contributed by atoms with Gasteiger partial charge in [-0.2, -0.15) is 0 Å². The quantitative estimate of drug-likeness (QED) is 0.552. The van der Waals surface area contributed by atoms with Gasteiger partial charge in [0, 0.05) is 33.5 Å². The molecule has 6 nitrogen and oxygen atoms in total. The molecule has 3 rings (SSSR count). The van der Waals surface area contributed by atoms with Gasteiger partial charge in [-0.25, -0.2) is 0 Å². The highest BCUT2D eigenvalue weighted by Gasteiger charge is 2.19. The predicted octanol–water partition coefficient (Wildman–Crippen LogP) is 4.35. The van der Waals surface area contributed by atoms with Crippen molar-refractivity contribution >= 4 is 34.0 Å². The molecule has 0 aliphatic heterocycles. The summed E-state index contributed by atoms with van der Waals surface area (Å²) in [6.07, 6.45) is 0. The lowest BCUT2D eigenvalue weighted by molar-refractivity contribution is 0.0943. The molecule has 1 heterocycles. The molecule has 0 atom stereocenters. The summed E-state index contributed by atoms with van der Waals surface area (Å²) in [5.41, 5.74) is 1.37. The minimum absolute atomic E-state index is 0.00782. The molecular weight excluding hydrogens is 378 g/mol. The van der Waals surface area contributed by atoms with Gasteiger partial charge in [0.2, 0.25) is 0 Å². The Hall–Kier alpha value is -2.70. The van der Waals surface area contributed by atoms with Crippen molar-refractivity contribution < 1.29 is 15.0 Å². The third-order valence-electron chi connectivity index (χ3n) is 4.39. The number of hydrogen-bond acceptors (Lipinski definition) is 6. The molecule has 1 aromatic heterocycles. The number of carbonyl (C=O) groups excluding carboxylic acids is 1. The summed E-state index contributed by atoms with van der Waals surface area (Å²) < 4.78 is 0. The Morgan fingerprint density at radius 2 is 1.89 bits per heavy atom. The standard InChI is InChI=1S/C21H22ClN3O3/c1-11-7-14(22)9-17(27)18(11)19-15-6-5-13(12(2)26)8-16(15)20(25-24-19)23-10-21(3,4)28/h5-9,27-28H,10H2,1-4H3,(H,23,25). The number of anilines is 1. The van der Waals surface area contributed by atoms with E-state index in [4.69, 9.17) is 11.6 Å². The van der Waals surface area contributed by atoms with E-state index in [1.165, 1.54) is 13.0 Å². The van der Waals surface area contributed by atoms with Gasteiger partial charge in [-0.15, -0.1) is 10.2 Å². The van der Waals surface area contributed by atoms with Crippen molar-refractivity contribution in [3.05, 3.63) is 46.5 Å². The summed E-state index contributed by atoms with van der Waals surface area (Å²) >= 11 is 6.03. The smallest absolute Gasteiger partial charge is 0.159 e. The SMILES string of the molecule is CC(=O)c1ccc2c(-c3c(C)cc(Cl)cc3O)nnc(NCC(C)(C)O)c2c1. The summed E-state index contributed by atoms with van der Waals surface area (Å²) in [4.78, 5) is 11.9. The number of ketones is 1. The lowest BCUT2D eigenvalue weighted by Crippen LogP contribution is -2.29. The number of aliphatic hydroxyl groups is 1. The van der Waals surface area contributed by atoms with E-state index in [9.17, 15) is 15.0 Å². The second-order valence-electron chi connectivity index (χ2n) is 7.50. The van der Waals surface area contributed by atoms with Crippen LogP contribution in [0.15, 0.2) is 30.3 Å². The van der Waals surface area contributed by atoms with E-state index >= 15 is 0 Å². The number of fused-ring (bicyclic) bond motifs is 1. The van der Waals surface area contributed by atoms with Gasteiger partial charge in [0.1, 0.15) is 11.4 Å². The van der Waals surface area contributed by atoms with Crippen molar-refractivity contribution in [2.75, 3.05) is 11.9 Å². The fraction of sp³-hybridized carbons (Fsp3) is 0.286. The Morgan fingerprint density at radius 1 is 1.18 bits per heavy atom. The van der Waals surface area contributed by atoms with E-state index in [-0.39, 0.29) is 18.1 Å². The van der Waals surface area contributed by atoms with E-state index in [0.717, 1.165) is 10.9 Å². The maximum atomic E-state index is 11.9. The predicted molar refractivity (Wildman–Crippen MR) is 111 cm³/mol. The van der Waals surface area contributed by atoms with Crippen molar-refractivity contribution in [1.82, 2.24) is 10.2 Å². The minimum Gasteiger partial charge on any atom is -0.507 e. The van der Waals surface area contributed by atoms with Crippen LogP contribution in [0, 0.1) is 6.92 Å². The number of aromatic hydroxyl groups is 1. The molecule has 0 unspecified atom stereocenters. The third-order valence-corrected chi connectivity index (χ3v) is 4.61. The van der Waals surface area contributed by atoms with Gasteiger partial charge in [-0.3, -0.25) is 4.79 Å². The van der Waals surface area contributed by atoms with E-state index in [1.54, 1.807) is 38.1 Å². The molecule has 2 aromatic carbocycles. The number of nitrogens with zero attached hydrogens (tertiary/aromatic N) is 2. The van der Waals surface area contributed by atoms with Crippen LogP contribution in [0.3, 0.4) is 0 Å². The van der Waals surface area contributed by atoms with Crippen molar-refractivity contribution in [2.45, 2.75) is 33.3 Å². The van der Waals surface area contributed by atoms with Crippen LogP contribution in [0.4, 0.5) is 5.82 Å². The topological polar surface area (TPSA) is 95.3 Å². The first-order chi connectivity index (χ1) is 13.1. The van der Waals surface area contributed by atoms with Crippen LogP contribution >= 0.6 is 11.6 Å². The number of carbonyl (C=O) groups is 1. The number of nitrogens with one attached hydrogen (secondary N) is 1. The van der Waals surface area contributed by atoms with Gasteiger partial charge in [0.05, 0.1) is 5.60 Å². The molecule has 146 valence electrons. The first-order valence-corrected chi connectivity index (χ1v) is 9.22. The summed E-state index contributed by atoms with van der Waals surface area (Å²) in [6, 6.07) is 8.46. The number of phenolic OH excluding ortho intramolecular Hbond substituents is 1. The Bertz CT molecular complexity index is 1050. The van der Waals surface area contributed by atoms with Gasteiger partial charge in [0.15, 0.2) is 11.6 Å². The molecule has 3 aromatic rings. The van der Waals surface area contributed by atoms with Gasteiger partial charge in [-0.1, -0.05) is 23.7 Å². The minimum atomic E-state index is -0.949.